The monoisotopic (exact) mass is 323 g/mol. The van der Waals surface area contributed by atoms with Crippen molar-refractivity contribution in [2.45, 2.75) is 25.6 Å². The maximum atomic E-state index is 12.3. The molecule has 0 saturated heterocycles. The molecule has 8 heteroatoms. The summed E-state index contributed by atoms with van der Waals surface area (Å²) in [4.78, 5) is 9.78. The highest BCUT2D eigenvalue weighted by atomic mass is 19.4. The Balaban J connectivity index is 0.000000626. The van der Waals surface area contributed by atoms with Crippen molar-refractivity contribution in [3.8, 4) is 5.75 Å². The van der Waals surface area contributed by atoms with Crippen molar-refractivity contribution in [1.29, 1.82) is 0 Å². The molecule has 1 aromatic rings. The predicted molar refractivity (Wildman–Crippen MR) is 74.3 cm³/mol. The van der Waals surface area contributed by atoms with E-state index in [0.717, 1.165) is 12.1 Å². The standard InChI is InChI=1S/C10H9F3O3.C4H11NO/c11-10(12,13)8-2-1-3-9(6-8)16-5-4-15-7-14;1-4(2,6)3-5/h1-3,6-7H,4-5H2;6H,3,5H2,1-2H3. The molecule has 3 N–H and O–H groups in total. The minimum absolute atomic E-state index is 0.000253. The molecule has 0 atom stereocenters. The highest BCUT2D eigenvalue weighted by Crippen LogP contribution is 2.31. The number of hydrogen-bond donors (Lipinski definition) is 2. The van der Waals surface area contributed by atoms with E-state index in [0.29, 0.717) is 6.54 Å². The zero-order valence-electron chi connectivity index (χ0n) is 12.4. The van der Waals surface area contributed by atoms with Crippen molar-refractivity contribution in [1.82, 2.24) is 0 Å². The van der Waals surface area contributed by atoms with Crippen LogP contribution in [0.1, 0.15) is 19.4 Å². The van der Waals surface area contributed by atoms with E-state index in [1.165, 1.54) is 12.1 Å². The Morgan fingerprint density at radius 3 is 2.32 bits per heavy atom. The van der Waals surface area contributed by atoms with Crippen LogP contribution in [0.2, 0.25) is 0 Å². The Hall–Kier alpha value is -1.80. The summed E-state index contributed by atoms with van der Waals surface area (Å²) in [6.07, 6.45) is -4.39. The van der Waals surface area contributed by atoms with Crippen molar-refractivity contribution in [2.75, 3.05) is 19.8 Å². The average Bonchev–Trinajstić information content (AvgIpc) is 2.43. The lowest BCUT2D eigenvalue weighted by molar-refractivity contribution is -0.137. The van der Waals surface area contributed by atoms with Gasteiger partial charge in [0.05, 0.1) is 11.2 Å². The molecule has 0 unspecified atom stereocenters. The van der Waals surface area contributed by atoms with Gasteiger partial charge in [-0.15, -0.1) is 0 Å². The van der Waals surface area contributed by atoms with Gasteiger partial charge in [0.1, 0.15) is 19.0 Å². The SMILES string of the molecule is CC(C)(O)CN.O=COCCOc1cccc(C(F)(F)F)c1. The Bertz CT molecular complexity index is 444. The second kappa shape index (κ2) is 9.26. The second-order valence-electron chi connectivity index (χ2n) is 4.86. The number of nitrogens with two attached hydrogens (primary N) is 1. The number of hydrogen-bond acceptors (Lipinski definition) is 5. The molecule has 0 aliphatic heterocycles. The summed E-state index contributed by atoms with van der Waals surface area (Å²) in [5.74, 6) is 0.0873. The first-order valence-electron chi connectivity index (χ1n) is 6.38. The van der Waals surface area contributed by atoms with Crippen LogP contribution >= 0.6 is 0 Å². The van der Waals surface area contributed by atoms with Gasteiger partial charge in [-0.25, -0.2) is 0 Å². The number of rotatable bonds is 6. The number of aliphatic hydroxyl groups is 1. The third-order valence-electron chi connectivity index (χ3n) is 2.20. The summed E-state index contributed by atoms with van der Waals surface area (Å²) in [6, 6.07) is 4.49. The van der Waals surface area contributed by atoms with Crippen LogP contribution in [-0.4, -0.2) is 36.9 Å². The van der Waals surface area contributed by atoms with Gasteiger partial charge in [-0.2, -0.15) is 13.2 Å². The summed E-state index contributed by atoms with van der Waals surface area (Å²) in [6.45, 7) is 3.93. The first-order valence-corrected chi connectivity index (χ1v) is 6.38. The quantitative estimate of drug-likeness (QED) is 0.618. The van der Waals surface area contributed by atoms with E-state index < -0.39 is 17.3 Å². The van der Waals surface area contributed by atoms with E-state index >= 15 is 0 Å². The Labute approximate surface area is 126 Å². The van der Waals surface area contributed by atoms with Crippen LogP contribution in [0.15, 0.2) is 24.3 Å². The molecule has 0 bridgehead atoms. The molecule has 0 aliphatic carbocycles. The van der Waals surface area contributed by atoms with Crippen molar-refractivity contribution in [2.24, 2.45) is 5.73 Å². The van der Waals surface area contributed by atoms with E-state index in [4.69, 9.17) is 15.6 Å². The molecule has 1 rings (SSSR count). The smallest absolute Gasteiger partial charge is 0.416 e. The van der Waals surface area contributed by atoms with Crippen LogP contribution in [0.3, 0.4) is 0 Å². The van der Waals surface area contributed by atoms with Gasteiger partial charge in [0.2, 0.25) is 0 Å². The summed E-state index contributed by atoms with van der Waals surface area (Å²) in [5, 5.41) is 8.70. The Morgan fingerprint density at radius 2 is 1.86 bits per heavy atom. The molecule has 22 heavy (non-hydrogen) atoms. The summed E-state index contributed by atoms with van der Waals surface area (Å²) < 4.78 is 46.1. The maximum Gasteiger partial charge on any atom is 0.416 e. The second-order valence-corrected chi connectivity index (χ2v) is 4.86. The number of halogens is 3. The largest absolute Gasteiger partial charge is 0.490 e. The molecule has 0 heterocycles. The summed E-state index contributed by atoms with van der Waals surface area (Å²) >= 11 is 0. The molecule has 1 aromatic carbocycles. The van der Waals surface area contributed by atoms with E-state index in [2.05, 4.69) is 4.74 Å². The lowest BCUT2D eigenvalue weighted by atomic mass is 10.1. The van der Waals surface area contributed by atoms with Crippen LogP contribution in [0.5, 0.6) is 5.75 Å². The molecule has 0 aliphatic rings. The van der Waals surface area contributed by atoms with Gasteiger partial charge in [-0.1, -0.05) is 6.07 Å². The van der Waals surface area contributed by atoms with Gasteiger partial charge in [-0.05, 0) is 32.0 Å². The molecule has 126 valence electrons. The van der Waals surface area contributed by atoms with Crippen LogP contribution in [0, 0.1) is 0 Å². The highest BCUT2D eigenvalue weighted by Gasteiger charge is 2.30. The molecule has 0 saturated carbocycles. The molecule has 0 radical (unpaired) electrons. The van der Waals surface area contributed by atoms with E-state index in [1.54, 1.807) is 13.8 Å². The van der Waals surface area contributed by atoms with Crippen LogP contribution in [-0.2, 0) is 15.7 Å². The van der Waals surface area contributed by atoms with E-state index in [-0.39, 0.29) is 25.4 Å². The first-order chi connectivity index (χ1) is 10.1. The molecule has 0 spiro atoms. The van der Waals surface area contributed by atoms with Gasteiger partial charge >= 0.3 is 6.18 Å². The van der Waals surface area contributed by atoms with Gasteiger partial charge in [-0.3, -0.25) is 4.79 Å². The van der Waals surface area contributed by atoms with Crippen LogP contribution in [0.4, 0.5) is 13.2 Å². The number of benzene rings is 1. The van der Waals surface area contributed by atoms with Gasteiger partial charge in [0.15, 0.2) is 0 Å². The third-order valence-corrected chi connectivity index (χ3v) is 2.20. The summed E-state index contributed by atoms with van der Waals surface area (Å²) in [7, 11) is 0. The lowest BCUT2D eigenvalue weighted by Gasteiger charge is -2.11. The molecular formula is C14H20F3NO4. The average molecular weight is 323 g/mol. The molecule has 0 amide bonds. The first kappa shape index (κ1) is 20.2. The third kappa shape index (κ3) is 10.0. The zero-order chi connectivity index (χ0) is 17.2. The molecular weight excluding hydrogens is 303 g/mol. The minimum atomic E-state index is -4.39. The van der Waals surface area contributed by atoms with Crippen LogP contribution in [0.25, 0.3) is 0 Å². The van der Waals surface area contributed by atoms with Gasteiger partial charge < -0.3 is 20.3 Å². The maximum absolute atomic E-state index is 12.3. The number of carbonyl (C=O) groups excluding carboxylic acids is 1. The predicted octanol–water partition coefficient (Wildman–Crippen LogP) is 1.97. The van der Waals surface area contributed by atoms with Crippen molar-refractivity contribution >= 4 is 6.47 Å². The van der Waals surface area contributed by atoms with Gasteiger partial charge in [0, 0.05) is 6.54 Å². The van der Waals surface area contributed by atoms with E-state index in [1.807, 2.05) is 0 Å². The van der Waals surface area contributed by atoms with Crippen molar-refractivity contribution in [3.05, 3.63) is 29.8 Å². The van der Waals surface area contributed by atoms with Crippen LogP contribution < -0.4 is 10.5 Å². The molecule has 0 fully saturated rings. The Kier molecular flexibility index (Phi) is 8.51. The topological polar surface area (TPSA) is 81.8 Å². The fourth-order valence-corrected chi connectivity index (χ4v) is 1.02. The lowest BCUT2D eigenvalue weighted by Crippen LogP contribution is -2.29. The molecule has 5 nitrogen and oxygen atoms in total. The fraction of sp³-hybridized carbons (Fsp3) is 0.500. The van der Waals surface area contributed by atoms with Gasteiger partial charge in [0.25, 0.3) is 6.47 Å². The Morgan fingerprint density at radius 1 is 1.27 bits per heavy atom. The molecule has 0 aromatic heterocycles. The fourth-order valence-electron chi connectivity index (χ4n) is 1.02. The normalized spacial score (nSPS) is 11.2. The number of carbonyl (C=O) groups is 1. The summed E-state index contributed by atoms with van der Waals surface area (Å²) in [5.41, 5.74) is 3.60. The van der Waals surface area contributed by atoms with E-state index in [9.17, 15) is 18.0 Å². The minimum Gasteiger partial charge on any atom is -0.490 e. The zero-order valence-corrected chi connectivity index (χ0v) is 12.4. The number of ether oxygens (including phenoxy) is 2. The van der Waals surface area contributed by atoms with Crippen molar-refractivity contribution in [3.63, 3.8) is 0 Å². The highest BCUT2D eigenvalue weighted by molar-refractivity contribution is 5.36. The van der Waals surface area contributed by atoms with Crippen molar-refractivity contribution < 1.29 is 32.5 Å². The number of alkyl halides is 3.